The molecule has 1 saturated heterocycles. The Morgan fingerprint density at radius 3 is 2.67 bits per heavy atom. The van der Waals surface area contributed by atoms with Gasteiger partial charge in [-0.15, -0.1) is 0 Å². The fraction of sp³-hybridized carbons (Fsp3) is 0.857. The van der Waals surface area contributed by atoms with E-state index < -0.39 is 0 Å². The highest BCUT2D eigenvalue weighted by molar-refractivity contribution is 5.78. The zero-order chi connectivity index (χ0) is 6.85. The highest BCUT2D eigenvalue weighted by Gasteiger charge is 2.23. The molecule has 0 aromatic carbocycles. The molecule has 0 spiro atoms. The molecule has 1 rings (SSSR count). The first kappa shape index (κ1) is 6.59. The summed E-state index contributed by atoms with van der Waals surface area (Å²) in [6, 6.07) is 0. The molecule has 1 aliphatic heterocycles. The zero-order valence-corrected chi connectivity index (χ0v) is 5.98. The summed E-state index contributed by atoms with van der Waals surface area (Å²) < 4.78 is 0. The van der Waals surface area contributed by atoms with Crippen LogP contribution in [-0.2, 0) is 4.79 Å². The Kier molecular flexibility index (Phi) is 1.74. The van der Waals surface area contributed by atoms with Gasteiger partial charge in [0, 0.05) is 14.4 Å². The van der Waals surface area contributed by atoms with Crippen molar-refractivity contribution < 1.29 is 6.22 Å². The third-order valence-corrected chi connectivity index (χ3v) is 1.95. The Bertz CT molecular complexity index is 125. The molecule has 1 heterocycles. The molecular weight excluding hydrogens is 114 g/mol. The van der Waals surface area contributed by atoms with Crippen LogP contribution in [0.25, 0.3) is 0 Å². The molecule has 1 atom stereocenters. The molecule has 2 heteroatoms. The van der Waals surface area contributed by atoms with Crippen molar-refractivity contribution in [3.8, 4) is 0 Å². The van der Waals surface area contributed by atoms with E-state index in [0.29, 0.717) is 11.8 Å². The maximum absolute atomic E-state index is 10.6. The normalized spacial score (nSPS) is 27.0. The molecule has 0 saturated carbocycles. The molecule has 0 aromatic rings. The highest BCUT2D eigenvalue weighted by Crippen LogP contribution is 2.17. The molecule has 1 aliphatic rings. The first-order valence-corrected chi connectivity index (χ1v) is 3.47. The maximum atomic E-state index is 10.6. The van der Waals surface area contributed by atoms with Crippen molar-refractivity contribution in [1.82, 2.24) is 5.32 Å². The van der Waals surface area contributed by atoms with Crippen LogP contribution in [0.1, 0.15) is 21.7 Å². The summed E-state index contributed by atoms with van der Waals surface area (Å²) in [4.78, 5) is 10.6. The van der Waals surface area contributed by atoms with E-state index in [1.807, 2.05) is 0 Å². The molecule has 2 nitrogen and oxygen atoms in total. The standard InChI is InChI=1S/C7H13NO.H2/c1-5(2)6-3-7(9)8-4-6;/h5-6H,3-4H2,1-2H3,(H,8,9);1H. The van der Waals surface area contributed by atoms with E-state index in [2.05, 4.69) is 19.2 Å². The van der Waals surface area contributed by atoms with E-state index in [0.717, 1.165) is 13.0 Å². The molecule has 1 unspecified atom stereocenters. The third kappa shape index (κ3) is 1.44. The van der Waals surface area contributed by atoms with Crippen molar-refractivity contribution in [3.05, 3.63) is 0 Å². The van der Waals surface area contributed by atoms with E-state index in [1.165, 1.54) is 0 Å². The van der Waals surface area contributed by atoms with Crippen molar-refractivity contribution >= 4 is 5.91 Å². The van der Waals surface area contributed by atoms with Crippen molar-refractivity contribution in [2.24, 2.45) is 11.8 Å². The number of amides is 1. The molecule has 0 radical (unpaired) electrons. The summed E-state index contributed by atoms with van der Waals surface area (Å²) in [5.74, 6) is 1.44. The molecule has 1 fully saturated rings. The molecule has 9 heavy (non-hydrogen) atoms. The van der Waals surface area contributed by atoms with Gasteiger partial charge in [-0.05, 0) is 11.8 Å². The van der Waals surface area contributed by atoms with E-state index in [4.69, 9.17) is 0 Å². The second-order valence-electron chi connectivity index (χ2n) is 3.01. The largest absolute Gasteiger partial charge is 0.356 e. The number of rotatable bonds is 1. The molecule has 0 bridgehead atoms. The number of carbonyl (C=O) groups is 1. The number of hydrogen-bond donors (Lipinski definition) is 1. The van der Waals surface area contributed by atoms with Crippen molar-refractivity contribution in [3.63, 3.8) is 0 Å². The first-order chi connectivity index (χ1) is 4.20. The Labute approximate surface area is 57.1 Å². The van der Waals surface area contributed by atoms with Crippen molar-refractivity contribution in [2.45, 2.75) is 20.3 Å². The fourth-order valence-electron chi connectivity index (χ4n) is 1.10. The smallest absolute Gasteiger partial charge is 0.220 e. The quantitative estimate of drug-likeness (QED) is 0.562. The average Bonchev–Trinajstić information content (AvgIpc) is 2.14. The lowest BCUT2D eigenvalue weighted by Gasteiger charge is -2.09. The number of hydrogen-bond acceptors (Lipinski definition) is 1. The average molecular weight is 129 g/mol. The predicted molar refractivity (Wildman–Crippen MR) is 38.1 cm³/mol. The molecule has 1 amide bonds. The van der Waals surface area contributed by atoms with Gasteiger partial charge in [0.1, 0.15) is 0 Å². The SMILES string of the molecule is CC(C)C1CNC(=O)C1.[HH]. The van der Waals surface area contributed by atoms with Gasteiger partial charge in [-0.2, -0.15) is 0 Å². The van der Waals surface area contributed by atoms with Crippen LogP contribution in [0.2, 0.25) is 0 Å². The zero-order valence-electron chi connectivity index (χ0n) is 5.98. The van der Waals surface area contributed by atoms with E-state index >= 15 is 0 Å². The minimum Gasteiger partial charge on any atom is -0.356 e. The summed E-state index contributed by atoms with van der Waals surface area (Å²) >= 11 is 0. The predicted octanol–water partition coefficient (Wildman–Crippen LogP) is 1.02. The monoisotopic (exact) mass is 129 g/mol. The van der Waals surface area contributed by atoms with Crippen LogP contribution in [0, 0.1) is 11.8 Å². The fourth-order valence-corrected chi connectivity index (χ4v) is 1.10. The molecule has 1 N–H and O–H groups in total. The summed E-state index contributed by atoms with van der Waals surface area (Å²) in [6.45, 7) is 5.20. The van der Waals surface area contributed by atoms with Crippen LogP contribution in [0.3, 0.4) is 0 Å². The van der Waals surface area contributed by atoms with Crippen molar-refractivity contribution in [1.29, 1.82) is 0 Å². The lowest BCUT2D eigenvalue weighted by atomic mass is 9.95. The van der Waals surface area contributed by atoms with Gasteiger partial charge in [-0.1, -0.05) is 13.8 Å². The van der Waals surface area contributed by atoms with Crippen LogP contribution in [0.15, 0.2) is 0 Å². The van der Waals surface area contributed by atoms with E-state index in [-0.39, 0.29) is 7.33 Å². The minimum atomic E-state index is 0. The summed E-state index contributed by atoms with van der Waals surface area (Å²) in [5, 5.41) is 2.81. The first-order valence-electron chi connectivity index (χ1n) is 3.47. The molecule has 0 aromatic heterocycles. The van der Waals surface area contributed by atoms with Gasteiger partial charge < -0.3 is 5.32 Å². The van der Waals surface area contributed by atoms with E-state index in [9.17, 15) is 4.79 Å². The van der Waals surface area contributed by atoms with Gasteiger partial charge in [-0.25, -0.2) is 0 Å². The highest BCUT2D eigenvalue weighted by atomic mass is 16.1. The van der Waals surface area contributed by atoms with Crippen LogP contribution in [0.4, 0.5) is 0 Å². The van der Waals surface area contributed by atoms with Crippen LogP contribution >= 0.6 is 0 Å². The van der Waals surface area contributed by atoms with Crippen LogP contribution in [0.5, 0.6) is 0 Å². The summed E-state index contributed by atoms with van der Waals surface area (Å²) in [6.07, 6.45) is 0.734. The van der Waals surface area contributed by atoms with Gasteiger partial charge >= 0.3 is 0 Å². The second-order valence-corrected chi connectivity index (χ2v) is 3.01. The van der Waals surface area contributed by atoms with Crippen LogP contribution in [-0.4, -0.2) is 12.5 Å². The van der Waals surface area contributed by atoms with Gasteiger partial charge in [0.05, 0.1) is 0 Å². The Morgan fingerprint density at radius 2 is 2.44 bits per heavy atom. The number of nitrogens with one attached hydrogen (secondary N) is 1. The Hall–Kier alpha value is -0.530. The molecule has 54 valence electrons. The minimum absolute atomic E-state index is 0. The molecule has 0 aliphatic carbocycles. The summed E-state index contributed by atoms with van der Waals surface area (Å²) in [5.41, 5.74) is 0. The van der Waals surface area contributed by atoms with Gasteiger partial charge in [0.2, 0.25) is 5.91 Å². The van der Waals surface area contributed by atoms with Gasteiger partial charge in [0.25, 0.3) is 0 Å². The second kappa shape index (κ2) is 2.38. The van der Waals surface area contributed by atoms with Crippen LogP contribution < -0.4 is 5.32 Å². The Morgan fingerprint density at radius 1 is 1.78 bits per heavy atom. The maximum Gasteiger partial charge on any atom is 0.220 e. The summed E-state index contributed by atoms with van der Waals surface area (Å²) in [7, 11) is 0. The molecular formula is C7H15NO. The van der Waals surface area contributed by atoms with E-state index in [1.54, 1.807) is 0 Å². The Balaban J connectivity index is 0.000000810. The lowest BCUT2D eigenvalue weighted by molar-refractivity contribution is -0.119. The number of carbonyl (C=O) groups excluding carboxylic acids is 1. The lowest BCUT2D eigenvalue weighted by Crippen LogP contribution is -2.15. The third-order valence-electron chi connectivity index (χ3n) is 1.95. The topological polar surface area (TPSA) is 29.1 Å². The van der Waals surface area contributed by atoms with Crippen molar-refractivity contribution in [2.75, 3.05) is 6.54 Å². The van der Waals surface area contributed by atoms with Gasteiger partial charge in [-0.3, -0.25) is 4.79 Å². The van der Waals surface area contributed by atoms with Gasteiger partial charge in [0.15, 0.2) is 0 Å².